The van der Waals surface area contributed by atoms with Gasteiger partial charge < -0.3 is 19.7 Å². The third-order valence-electron chi connectivity index (χ3n) is 7.69. The van der Waals surface area contributed by atoms with Gasteiger partial charge >= 0.3 is 0 Å². The van der Waals surface area contributed by atoms with Gasteiger partial charge in [0, 0.05) is 55.2 Å². The van der Waals surface area contributed by atoms with Gasteiger partial charge in [-0.2, -0.15) is 5.10 Å². The molecule has 42 heavy (non-hydrogen) atoms. The van der Waals surface area contributed by atoms with Crippen molar-refractivity contribution in [1.82, 2.24) is 20.4 Å². The van der Waals surface area contributed by atoms with Crippen LogP contribution in [0.25, 0.3) is 11.1 Å². The maximum Gasteiger partial charge on any atom is 0.289 e. The van der Waals surface area contributed by atoms with Gasteiger partial charge in [-0.05, 0) is 41.5 Å². The predicted molar refractivity (Wildman–Crippen MR) is 154 cm³/mol. The molecule has 0 spiro atoms. The molecule has 0 aliphatic carbocycles. The third-order valence-corrected chi connectivity index (χ3v) is 7.69. The van der Waals surface area contributed by atoms with Crippen molar-refractivity contribution in [3.05, 3.63) is 131 Å². The summed E-state index contributed by atoms with van der Waals surface area (Å²) in [6.07, 6.45) is 2.48. The Bertz CT molecular complexity index is 1720. The fourth-order valence-corrected chi connectivity index (χ4v) is 5.41. The number of furan rings is 1. The monoisotopic (exact) mass is 564 g/mol. The number of nitrogens with zero attached hydrogens (tertiary/aromatic N) is 2. The minimum atomic E-state index is -0.432. The zero-order valence-electron chi connectivity index (χ0n) is 22.7. The molecular formula is C33H29FN4O4. The zero-order chi connectivity index (χ0) is 29.1. The highest BCUT2D eigenvalue weighted by molar-refractivity contribution is 5.96. The van der Waals surface area contributed by atoms with Crippen molar-refractivity contribution in [2.45, 2.75) is 25.3 Å². The number of hydrogen-bond acceptors (Lipinski definition) is 5. The molecule has 0 fully saturated rings. The molecule has 1 atom stereocenters. The second kappa shape index (κ2) is 11.7. The molecule has 9 heteroatoms. The largest absolute Gasteiger partial charge is 0.507 e. The minimum absolute atomic E-state index is 0.118. The van der Waals surface area contributed by atoms with Gasteiger partial charge in [0.1, 0.15) is 11.6 Å². The number of rotatable bonds is 8. The number of H-pyrrole nitrogens is 1. The lowest BCUT2D eigenvalue weighted by molar-refractivity contribution is 0.0701. The first kappa shape index (κ1) is 27.0. The molecule has 212 valence electrons. The molecule has 1 aliphatic rings. The Morgan fingerprint density at radius 2 is 1.86 bits per heavy atom. The van der Waals surface area contributed by atoms with Gasteiger partial charge in [0.2, 0.25) is 0 Å². The van der Waals surface area contributed by atoms with Gasteiger partial charge in [0.15, 0.2) is 5.76 Å². The molecule has 6 rings (SSSR count). The second-order valence-corrected chi connectivity index (χ2v) is 10.3. The average molecular weight is 565 g/mol. The van der Waals surface area contributed by atoms with Crippen LogP contribution in [0, 0.1) is 5.82 Å². The number of nitrogens with one attached hydrogen (secondary N) is 2. The molecular weight excluding hydrogens is 535 g/mol. The van der Waals surface area contributed by atoms with E-state index in [1.54, 1.807) is 41.3 Å². The summed E-state index contributed by atoms with van der Waals surface area (Å²) >= 11 is 0. The van der Waals surface area contributed by atoms with Crippen molar-refractivity contribution in [2.75, 3.05) is 13.1 Å². The third kappa shape index (κ3) is 5.54. The summed E-state index contributed by atoms with van der Waals surface area (Å²) in [6.45, 7) is 1.06. The van der Waals surface area contributed by atoms with Crippen molar-refractivity contribution in [3.63, 3.8) is 0 Å². The predicted octanol–water partition coefficient (Wildman–Crippen LogP) is 5.47. The Hall–Kier alpha value is -5.18. The lowest BCUT2D eigenvalue weighted by Crippen LogP contribution is -2.36. The van der Waals surface area contributed by atoms with Gasteiger partial charge in [-0.1, -0.05) is 54.6 Å². The zero-order valence-corrected chi connectivity index (χ0v) is 22.7. The number of amides is 2. The van der Waals surface area contributed by atoms with Crippen molar-refractivity contribution in [3.8, 4) is 16.9 Å². The number of fused-ring (bicyclic) bond motifs is 1. The van der Waals surface area contributed by atoms with E-state index in [0.717, 1.165) is 22.5 Å². The number of para-hydroxylation sites is 1. The molecule has 8 nitrogen and oxygen atoms in total. The van der Waals surface area contributed by atoms with E-state index in [1.165, 1.54) is 18.4 Å². The van der Waals surface area contributed by atoms with Crippen LogP contribution in [-0.4, -0.2) is 45.1 Å². The van der Waals surface area contributed by atoms with E-state index in [1.807, 2.05) is 36.4 Å². The fraction of sp³-hybridized carbons (Fsp3) is 0.182. The molecule has 2 aromatic heterocycles. The highest BCUT2D eigenvalue weighted by atomic mass is 19.1. The van der Waals surface area contributed by atoms with E-state index in [4.69, 9.17) is 4.42 Å². The molecule has 0 saturated carbocycles. The topological polar surface area (TPSA) is 111 Å². The lowest BCUT2D eigenvalue weighted by atomic mass is 9.90. The number of phenols is 1. The first-order chi connectivity index (χ1) is 20.5. The van der Waals surface area contributed by atoms with Crippen LogP contribution in [0.1, 0.15) is 49.3 Å². The Balaban J connectivity index is 1.28. The number of aromatic hydroxyl groups is 1. The lowest BCUT2D eigenvalue weighted by Gasteiger charge is -2.27. The smallest absolute Gasteiger partial charge is 0.289 e. The number of hydrogen-bond donors (Lipinski definition) is 3. The second-order valence-electron chi connectivity index (χ2n) is 10.3. The van der Waals surface area contributed by atoms with Crippen LogP contribution in [-0.2, 0) is 19.4 Å². The van der Waals surface area contributed by atoms with E-state index < -0.39 is 5.91 Å². The number of aromatic nitrogens is 2. The number of carbonyl (C=O) groups excluding carboxylic acids is 2. The van der Waals surface area contributed by atoms with Crippen LogP contribution in [0.3, 0.4) is 0 Å². The number of carbonyl (C=O) groups is 2. The molecule has 3 N–H and O–H groups in total. The van der Waals surface area contributed by atoms with E-state index in [0.29, 0.717) is 37.1 Å². The number of benzene rings is 3. The molecule has 0 bridgehead atoms. The molecule has 3 aromatic carbocycles. The molecule has 3 heterocycles. The highest BCUT2D eigenvalue weighted by Gasteiger charge is 2.29. The van der Waals surface area contributed by atoms with Crippen LogP contribution in [0.5, 0.6) is 5.75 Å². The Morgan fingerprint density at radius 3 is 2.62 bits per heavy atom. The molecule has 0 radical (unpaired) electrons. The van der Waals surface area contributed by atoms with Gasteiger partial charge in [-0.3, -0.25) is 14.7 Å². The van der Waals surface area contributed by atoms with Crippen molar-refractivity contribution in [2.24, 2.45) is 0 Å². The van der Waals surface area contributed by atoms with Gasteiger partial charge in [0.25, 0.3) is 11.8 Å². The number of halogens is 1. The van der Waals surface area contributed by atoms with Crippen LogP contribution in [0.4, 0.5) is 4.39 Å². The maximum absolute atomic E-state index is 15.4. The summed E-state index contributed by atoms with van der Waals surface area (Å²) in [4.78, 5) is 27.6. The Kier molecular flexibility index (Phi) is 7.55. The van der Waals surface area contributed by atoms with Crippen molar-refractivity contribution < 1.29 is 23.5 Å². The minimum Gasteiger partial charge on any atom is -0.507 e. The SMILES string of the molecule is O=C(NCC(Cc1n[nH]c2c1CN(C(=O)c1ccco1)CC2)c1ccc(-c2ccccc2)c(F)c1)c1ccccc1O. The van der Waals surface area contributed by atoms with E-state index in [9.17, 15) is 14.7 Å². The van der Waals surface area contributed by atoms with Crippen molar-refractivity contribution >= 4 is 11.8 Å². The molecule has 1 unspecified atom stereocenters. The summed E-state index contributed by atoms with van der Waals surface area (Å²) in [5, 5.41) is 20.7. The maximum atomic E-state index is 15.4. The van der Waals surface area contributed by atoms with Gasteiger partial charge in [-0.25, -0.2) is 4.39 Å². The summed E-state index contributed by atoms with van der Waals surface area (Å²) in [5.41, 5.74) is 4.73. The van der Waals surface area contributed by atoms with E-state index in [-0.39, 0.29) is 41.3 Å². The fourth-order valence-electron chi connectivity index (χ4n) is 5.41. The number of aromatic amines is 1. The standard InChI is InChI=1S/C33H29FN4O4/c34-27-17-22(12-13-24(27)21-7-2-1-3-8-21)23(19-35-32(40)25-9-4-5-10-30(25)39)18-29-26-20-38(15-14-28(26)36-37-29)33(41)31-11-6-16-42-31/h1-13,16-17,23,39H,14-15,18-20H2,(H,35,40)(H,36,37). The number of phenolic OH excluding ortho intramolecular Hbond substituents is 1. The van der Waals surface area contributed by atoms with Gasteiger partial charge in [0.05, 0.1) is 17.5 Å². The van der Waals surface area contributed by atoms with Gasteiger partial charge in [-0.15, -0.1) is 0 Å². The van der Waals surface area contributed by atoms with E-state index >= 15 is 4.39 Å². The Morgan fingerprint density at radius 1 is 1.05 bits per heavy atom. The molecule has 5 aromatic rings. The molecule has 2 amide bonds. The summed E-state index contributed by atoms with van der Waals surface area (Å²) in [5.74, 6) is -1.17. The van der Waals surface area contributed by atoms with Crippen molar-refractivity contribution in [1.29, 1.82) is 0 Å². The molecule has 1 aliphatic heterocycles. The average Bonchev–Trinajstić information content (AvgIpc) is 3.70. The van der Waals surface area contributed by atoms with Crippen LogP contribution in [0.15, 0.2) is 95.6 Å². The first-order valence-corrected chi connectivity index (χ1v) is 13.8. The van der Waals surface area contributed by atoms with E-state index in [2.05, 4.69) is 15.5 Å². The summed E-state index contributed by atoms with van der Waals surface area (Å²) in [7, 11) is 0. The van der Waals surface area contributed by atoms with Crippen LogP contribution < -0.4 is 5.32 Å². The quantitative estimate of drug-likeness (QED) is 0.232. The van der Waals surface area contributed by atoms with Crippen LogP contribution >= 0.6 is 0 Å². The highest BCUT2D eigenvalue weighted by Crippen LogP contribution is 2.30. The summed E-state index contributed by atoms with van der Waals surface area (Å²) < 4.78 is 20.8. The summed E-state index contributed by atoms with van der Waals surface area (Å²) in [6, 6.07) is 24.1. The normalized spacial score (nSPS) is 13.4. The Labute approximate surface area is 241 Å². The van der Waals surface area contributed by atoms with Crippen LogP contribution in [0.2, 0.25) is 0 Å². The first-order valence-electron chi connectivity index (χ1n) is 13.8. The molecule has 0 saturated heterocycles.